The molecule has 1 amide bonds. The van der Waals surface area contributed by atoms with Gasteiger partial charge in [0.2, 0.25) is 5.88 Å². The fourth-order valence-corrected chi connectivity index (χ4v) is 2.81. The quantitative estimate of drug-likeness (QED) is 0.921. The summed E-state index contributed by atoms with van der Waals surface area (Å²) in [6.45, 7) is 2.47. The monoisotopic (exact) mass is 296 g/mol. The summed E-state index contributed by atoms with van der Waals surface area (Å²) < 4.78 is 5.30. The van der Waals surface area contributed by atoms with E-state index >= 15 is 0 Å². The van der Waals surface area contributed by atoms with Gasteiger partial charge in [-0.1, -0.05) is 30.3 Å². The maximum absolute atomic E-state index is 12.5. The van der Waals surface area contributed by atoms with Gasteiger partial charge in [0.25, 0.3) is 5.91 Å². The Hall–Kier alpha value is -2.36. The second-order valence-electron chi connectivity index (χ2n) is 5.57. The van der Waals surface area contributed by atoms with Crippen molar-refractivity contribution in [1.82, 2.24) is 10.3 Å². The molecule has 22 heavy (non-hydrogen) atoms. The summed E-state index contributed by atoms with van der Waals surface area (Å²) in [6, 6.07) is 13.7. The lowest BCUT2D eigenvalue weighted by Gasteiger charge is -2.43. The lowest BCUT2D eigenvalue weighted by molar-refractivity contribution is 0.0823. The third-order valence-corrected chi connectivity index (χ3v) is 4.18. The van der Waals surface area contributed by atoms with Crippen LogP contribution in [0, 0.1) is 0 Å². The van der Waals surface area contributed by atoms with Crippen LogP contribution in [0.5, 0.6) is 5.88 Å². The number of rotatable bonds is 5. The topological polar surface area (TPSA) is 51.2 Å². The van der Waals surface area contributed by atoms with Crippen molar-refractivity contribution in [3.05, 3.63) is 59.8 Å². The van der Waals surface area contributed by atoms with Crippen molar-refractivity contribution in [2.45, 2.75) is 31.7 Å². The van der Waals surface area contributed by atoms with Gasteiger partial charge < -0.3 is 10.1 Å². The number of hydrogen-bond acceptors (Lipinski definition) is 3. The van der Waals surface area contributed by atoms with Gasteiger partial charge in [0.15, 0.2) is 0 Å². The molecule has 1 saturated carbocycles. The highest BCUT2D eigenvalue weighted by Crippen LogP contribution is 2.41. The number of ether oxygens (including phenoxy) is 1. The first-order chi connectivity index (χ1) is 10.7. The van der Waals surface area contributed by atoms with E-state index in [4.69, 9.17) is 4.74 Å². The van der Waals surface area contributed by atoms with Crippen molar-refractivity contribution in [3.8, 4) is 5.88 Å². The van der Waals surface area contributed by atoms with Gasteiger partial charge in [-0.15, -0.1) is 0 Å². The van der Waals surface area contributed by atoms with E-state index in [1.807, 2.05) is 25.1 Å². The minimum Gasteiger partial charge on any atom is -0.478 e. The van der Waals surface area contributed by atoms with Gasteiger partial charge in [-0.05, 0) is 37.8 Å². The molecular formula is C18H20N2O2. The Morgan fingerprint density at radius 3 is 2.55 bits per heavy atom. The molecule has 3 rings (SSSR count). The SMILES string of the molecule is CCOc1ccc(C(=O)NC2(c3ccccc3)CCC2)cn1. The average molecular weight is 296 g/mol. The van der Waals surface area contributed by atoms with Crippen LogP contribution in [0.1, 0.15) is 42.1 Å². The minimum atomic E-state index is -0.225. The van der Waals surface area contributed by atoms with Gasteiger partial charge in [-0.25, -0.2) is 4.98 Å². The Balaban J connectivity index is 1.75. The summed E-state index contributed by atoms with van der Waals surface area (Å²) in [7, 11) is 0. The Kier molecular flexibility index (Phi) is 4.09. The van der Waals surface area contributed by atoms with Crippen molar-refractivity contribution < 1.29 is 9.53 Å². The fraction of sp³-hybridized carbons (Fsp3) is 0.333. The van der Waals surface area contributed by atoms with Gasteiger partial charge in [0.05, 0.1) is 17.7 Å². The third-order valence-electron chi connectivity index (χ3n) is 4.18. The molecule has 1 fully saturated rings. The van der Waals surface area contributed by atoms with Crippen LogP contribution in [0.2, 0.25) is 0 Å². The Morgan fingerprint density at radius 2 is 2.00 bits per heavy atom. The first-order valence-electron chi connectivity index (χ1n) is 7.70. The number of aromatic nitrogens is 1. The zero-order valence-corrected chi connectivity index (χ0v) is 12.7. The molecule has 4 heteroatoms. The molecular weight excluding hydrogens is 276 g/mol. The summed E-state index contributed by atoms with van der Waals surface area (Å²) in [6.07, 6.45) is 4.66. The first-order valence-corrected chi connectivity index (χ1v) is 7.70. The molecule has 1 aliphatic rings. The van der Waals surface area contributed by atoms with Crippen molar-refractivity contribution in [2.24, 2.45) is 0 Å². The molecule has 0 atom stereocenters. The number of hydrogen-bond donors (Lipinski definition) is 1. The van der Waals surface area contributed by atoms with Crippen LogP contribution in [0.25, 0.3) is 0 Å². The second kappa shape index (κ2) is 6.18. The van der Waals surface area contributed by atoms with Gasteiger partial charge in [0, 0.05) is 12.3 Å². The molecule has 1 N–H and O–H groups in total. The molecule has 0 spiro atoms. The molecule has 114 valence electrons. The molecule has 4 nitrogen and oxygen atoms in total. The van der Waals surface area contributed by atoms with Gasteiger partial charge in [0.1, 0.15) is 0 Å². The number of amides is 1. The zero-order valence-electron chi connectivity index (χ0n) is 12.7. The Labute approximate surface area is 130 Å². The van der Waals surface area contributed by atoms with E-state index in [-0.39, 0.29) is 11.4 Å². The Bertz CT molecular complexity index is 634. The summed E-state index contributed by atoms with van der Waals surface area (Å²) in [4.78, 5) is 16.7. The molecule has 2 aromatic rings. The van der Waals surface area contributed by atoms with E-state index in [9.17, 15) is 4.79 Å². The summed E-state index contributed by atoms with van der Waals surface area (Å²) in [5.41, 5.74) is 1.51. The molecule has 1 aromatic carbocycles. The van der Waals surface area contributed by atoms with Crippen LogP contribution < -0.4 is 10.1 Å². The fourth-order valence-electron chi connectivity index (χ4n) is 2.81. The lowest BCUT2D eigenvalue weighted by atomic mass is 9.71. The predicted molar refractivity (Wildman–Crippen MR) is 84.8 cm³/mol. The molecule has 1 aliphatic carbocycles. The maximum Gasteiger partial charge on any atom is 0.253 e. The van der Waals surface area contributed by atoms with Crippen LogP contribution in [0.3, 0.4) is 0 Å². The van der Waals surface area contributed by atoms with Gasteiger partial charge in [-0.2, -0.15) is 0 Å². The van der Waals surface area contributed by atoms with E-state index < -0.39 is 0 Å². The molecule has 0 saturated heterocycles. The van der Waals surface area contributed by atoms with Crippen molar-refractivity contribution in [1.29, 1.82) is 0 Å². The second-order valence-corrected chi connectivity index (χ2v) is 5.57. The summed E-state index contributed by atoms with van der Waals surface area (Å²) >= 11 is 0. The number of pyridine rings is 1. The van der Waals surface area contributed by atoms with Crippen LogP contribution in [0.4, 0.5) is 0 Å². The smallest absolute Gasteiger partial charge is 0.253 e. The van der Waals surface area contributed by atoms with Crippen LogP contribution in [-0.2, 0) is 5.54 Å². The predicted octanol–water partition coefficient (Wildman–Crippen LogP) is 3.29. The molecule has 0 aliphatic heterocycles. The van der Waals surface area contributed by atoms with E-state index in [0.29, 0.717) is 18.1 Å². The van der Waals surface area contributed by atoms with E-state index in [2.05, 4.69) is 22.4 Å². The van der Waals surface area contributed by atoms with Gasteiger partial charge in [-0.3, -0.25) is 4.79 Å². The molecule has 0 radical (unpaired) electrons. The maximum atomic E-state index is 12.5. The van der Waals surface area contributed by atoms with Crippen LogP contribution in [0.15, 0.2) is 48.7 Å². The summed E-state index contributed by atoms with van der Waals surface area (Å²) in [5, 5.41) is 3.19. The highest BCUT2D eigenvalue weighted by atomic mass is 16.5. The van der Waals surface area contributed by atoms with Gasteiger partial charge >= 0.3 is 0 Å². The number of benzene rings is 1. The minimum absolute atomic E-state index is 0.0842. The average Bonchev–Trinajstić information content (AvgIpc) is 2.52. The van der Waals surface area contributed by atoms with Crippen LogP contribution in [-0.4, -0.2) is 17.5 Å². The van der Waals surface area contributed by atoms with Crippen molar-refractivity contribution in [3.63, 3.8) is 0 Å². The highest BCUT2D eigenvalue weighted by molar-refractivity contribution is 5.94. The molecule has 0 unspecified atom stereocenters. The summed E-state index contributed by atoms with van der Waals surface area (Å²) in [5.74, 6) is 0.458. The van der Waals surface area contributed by atoms with E-state index in [1.165, 1.54) is 5.56 Å². The standard InChI is InChI=1S/C18H20N2O2/c1-2-22-16-10-9-14(13-19-16)17(21)20-18(11-6-12-18)15-7-4-3-5-8-15/h3-5,7-10,13H,2,6,11-12H2,1H3,(H,20,21). The van der Waals surface area contributed by atoms with E-state index in [1.54, 1.807) is 18.3 Å². The number of carbonyl (C=O) groups is 1. The molecule has 0 bridgehead atoms. The normalized spacial score (nSPS) is 15.7. The van der Waals surface area contributed by atoms with Crippen molar-refractivity contribution in [2.75, 3.05) is 6.61 Å². The third kappa shape index (κ3) is 2.82. The van der Waals surface area contributed by atoms with Crippen LogP contribution >= 0.6 is 0 Å². The number of nitrogens with one attached hydrogen (secondary N) is 1. The first kappa shape index (κ1) is 14.6. The molecule has 1 aromatic heterocycles. The largest absolute Gasteiger partial charge is 0.478 e. The molecule has 1 heterocycles. The number of carbonyl (C=O) groups excluding carboxylic acids is 1. The Morgan fingerprint density at radius 1 is 1.23 bits per heavy atom. The highest BCUT2D eigenvalue weighted by Gasteiger charge is 2.40. The lowest BCUT2D eigenvalue weighted by Crippen LogP contribution is -2.50. The zero-order chi connectivity index (χ0) is 15.4. The number of nitrogens with zero attached hydrogens (tertiary/aromatic N) is 1. The van der Waals surface area contributed by atoms with Crippen molar-refractivity contribution >= 4 is 5.91 Å². The van der Waals surface area contributed by atoms with E-state index in [0.717, 1.165) is 19.3 Å².